The van der Waals surface area contributed by atoms with Gasteiger partial charge in [0.1, 0.15) is 0 Å². The van der Waals surface area contributed by atoms with Gasteiger partial charge in [-0.2, -0.15) is 0 Å². The van der Waals surface area contributed by atoms with Crippen LogP contribution in [0.25, 0.3) is 5.57 Å². The van der Waals surface area contributed by atoms with Crippen LogP contribution in [-0.2, 0) is 0 Å². The van der Waals surface area contributed by atoms with E-state index in [1.807, 2.05) is 0 Å². The maximum atomic E-state index is 2.39. The molecule has 0 saturated carbocycles. The molecule has 0 fully saturated rings. The number of fused-ring (bicyclic) bond motifs is 1. The maximum Gasteiger partial charge on any atom is 0.0748 e. The largest absolute Gasteiger partial charge is 0.147 e. The van der Waals surface area contributed by atoms with Crippen molar-refractivity contribution in [2.75, 3.05) is 0 Å². The lowest BCUT2D eigenvalue weighted by Crippen LogP contribution is -2.09. The van der Waals surface area contributed by atoms with Gasteiger partial charge in [-0.15, -0.1) is 12.4 Å². The molecule has 0 aromatic heterocycles. The van der Waals surface area contributed by atoms with Gasteiger partial charge < -0.3 is 0 Å². The van der Waals surface area contributed by atoms with E-state index in [1.165, 1.54) is 11.1 Å². The molecule has 1 aromatic carbocycles. The Morgan fingerprint density at radius 1 is 1.13 bits per heavy atom. The summed E-state index contributed by atoms with van der Waals surface area (Å²) in [6.45, 7) is 9.43. The van der Waals surface area contributed by atoms with Gasteiger partial charge >= 0.3 is 0 Å². The summed E-state index contributed by atoms with van der Waals surface area (Å²) in [5, 5.41) is 1.72. The van der Waals surface area contributed by atoms with Crippen LogP contribution in [0, 0.1) is 0 Å². The Hall–Kier alpha value is -0.533. The highest BCUT2D eigenvalue weighted by atomic mass is 35.5. The Morgan fingerprint density at radius 2 is 1.73 bits per heavy atom. The number of allylic oxidation sites excluding steroid dienone is 2. The van der Waals surface area contributed by atoms with E-state index in [1.54, 1.807) is 10.8 Å². The molecular weight excluding hydrogens is 220 g/mol. The van der Waals surface area contributed by atoms with Crippen LogP contribution in [0.2, 0.25) is 13.1 Å². The Kier molecular flexibility index (Phi) is 3.80. The number of hydrogen-bond acceptors (Lipinski definition) is 0. The standard InChI is InChI=1S/C13H17Si.ClH/c1-9-11-7-5-6-8-12(11)10(2)13(9)14(3)4;/h5-9H,1-4H3;1H. The van der Waals surface area contributed by atoms with Crippen molar-refractivity contribution >= 4 is 26.8 Å². The predicted molar refractivity (Wildman–Crippen MR) is 72.2 cm³/mol. The fourth-order valence-corrected chi connectivity index (χ4v) is 4.56. The van der Waals surface area contributed by atoms with Gasteiger partial charge in [-0.3, -0.25) is 0 Å². The third-order valence-corrected chi connectivity index (χ3v) is 5.09. The first-order valence-corrected chi connectivity index (χ1v) is 7.73. The molecule has 2 heteroatoms. The first-order chi connectivity index (χ1) is 6.63. The minimum atomic E-state index is -0.296. The molecule has 0 spiro atoms. The summed E-state index contributed by atoms with van der Waals surface area (Å²) >= 11 is 0. The quantitative estimate of drug-likeness (QED) is 0.640. The van der Waals surface area contributed by atoms with Crippen molar-refractivity contribution < 1.29 is 0 Å². The Morgan fingerprint density at radius 3 is 2.27 bits per heavy atom. The van der Waals surface area contributed by atoms with Crippen molar-refractivity contribution in [3.05, 3.63) is 40.6 Å². The van der Waals surface area contributed by atoms with Gasteiger partial charge in [0.15, 0.2) is 0 Å². The van der Waals surface area contributed by atoms with Crippen molar-refractivity contribution in [3.8, 4) is 0 Å². The van der Waals surface area contributed by atoms with E-state index < -0.39 is 0 Å². The van der Waals surface area contributed by atoms with Gasteiger partial charge in [0.2, 0.25) is 0 Å². The number of rotatable bonds is 1. The average Bonchev–Trinajstić information content (AvgIpc) is 2.41. The molecule has 1 unspecified atom stereocenters. The van der Waals surface area contributed by atoms with Crippen molar-refractivity contribution in [2.24, 2.45) is 0 Å². The first kappa shape index (κ1) is 12.5. The second kappa shape index (κ2) is 4.54. The van der Waals surface area contributed by atoms with Crippen LogP contribution < -0.4 is 0 Å². The molecule has 1 radical (unpaired) electrons. The molecule has 1 aliphatic carbocycles. The zero-order valence-electron chi connectivity index (χ0n) is 9.79. The van der Waals surface area contributed by atoms with Gasteiger partial charge in [0.25, 0.3) is 0 Å². The van der Waals surface area contributed by atoms with Gasteiger partial charge in [-0.25, -0.2) is 0 Å². The van der Waals surface area contributed by atoms with Gasteiger partial charge in [0.05, 0.1) is 8.80 Å². The molecule has 1 aliphatic rings. The van der Waals surface area contributed by atoms with E-state index in [2.05, 4.69) is 51.2 Å². The molecule has 0 saturated heterocycles. The fraction of sp³-hybridized carbons (Fsp3) is 0.385. The summed E-state index contributed by atoms with van der Waals surface area (Å²) in [5.41, 5.74) is 4.57. The summed E-state index contributed by atoms with van der Waals surface area (Å²) in [4.78, 5) is 0. The third kappa shape index (κ3) is 1.91. The zero-order chi connectivity index (χ0) is 10.3. The van der Waals surface area contributed by atoms with Crippen molar-refractivity contribution in [1.82, 2.24) is 0 Å². The zero-order valence-corrected chi connectivity index (χ0v) is 11.6. The molecule has 0 N–H and O–H groups in total. The van der Waals surface area contributed by atoms with Crippen LogP contribution >= 0.6 is 12.4 Å². The van der Waals surface area contributed by atoms with E-state index >= 15 is 0 Å². The van der Waals surface area contributed by atoms with Crippen molar-refractivity contribution in [3.63, 3.8) is 0 Å². The lowest BCUT2D eigenvalue weighted by Gasteiger charge is -2.13. The summed E-state index contributed by atoms with van der Waals surface area (Å²) in [5.74, 6) is 0.662. The van der Waals surface area contributed by atoms with Crippen LogP contribution in [0.1, 0.15) is 30.9 Å². The minimum absolute atomic E-state index is 0. The highest BCUT2D eigenvalue weighted by Crippen LogP contribution is 2.42. The summed E-state index contributed by atoms with van der Waals surface area (Å²) in [6.07, 6.45) is 0. The second-order valence-corrected chi connectivity index (χ2v) is 6.89. The number of hydrogen-bond donors (Lipinski definition) is 0. The molecule has 0 nitrogen and oxygen atoms in total. The highest BCUT2D eigenvalue weighted by Gasteiger charge is 2.27. The number of benzene rings is 1. The molecule has 0 aliphatic heterocycles. The summed E-state index contributed by atoms with van der Waals surface area (Å²) in [6, 6.07) is 8.85. The predicted octanol–water partition coefficient (Wildman–Crippen LogP) is 4.29. The van der Waals surface area contributed by atoms with Gasteiger partial charge in [-0.05, 0) is 29.5 Å². The van der Waals surface area contributed by atoms with E-state index in [9.17, 15) is 0 Å². The van der Waals surface area contributed by atoms with Crippen molar-refractivity contribution in [1.29, 1.82) is 0 Å². The van der Waals surface area contributed by atoms with E-state index in [4.69, 9.17) is 0 Å². The van der Waals surface area contributed by atoms with Crippen LogP contribution in [0.15, 0.2) is 29.5 Å². The van der Waals surface area contributed by atoms with Gasteiger partial charge in [0, 0.05) is 0 Å². The van der Waals surface area contributed by atoms with E-state index in [-0.39, 0.29) is 21.2 Å². The molecule has 1 aromatic rings. The average molecular weight is 238 g/mol. The Labute approximate surface area is 100 Å². The summed E-state index contributed by atoms with van der Waals surface area (Å²) in [7, 11) is -0.296. The molecule has 0 heterocycles. The van der Waals surface area contributed by atoms with Crippen LogP contribution in [-0.4, -0.2) is 8.80 Å². The van der Waals surface area contributed by atoms with E-state index in [0.717, 1.165) is 0 Å². The fourth-order valence-electron chi connectivity index (χ4n) is 2.65. The Bertz CT molecular complexity index is 393. The molecule has 81 valence electrons. The van der Waals surface area contributed by atoms with Crippen LogP contribution in [0.4, 0.5) is 0 Å². The topological polar surface area (TPSA) is 0 Å². The second-order valence-electron chi connectivity index (χ2n) is 4.35. The Balaban J connectivity index is 0.00000112. The smallest absolute Gasteiger partial charge is 0.0748 e. The molecule has 1 atom stereocenters. The maximum absolute atomic E-state index is 2.39. The highest BCUT2D eigenvalue weighted by molar-refractivity contribution is 6.66. The van der Waals surface area contributed by atoms with Crippen molar-refractivity contribution in [2.45, 2.75) is 32.9 Å². The molecular formula is C13H18ClSi. The van der Waals surface area contributed by atoms with Crippen LogP contribution in [0.3, 0.4) is 0 Å². The monoisotopic (exact) mass is 237 g/mol. The van der Waals surface area contributed by atoms with Crippen LogP contribution in [0.5, 0.6) is 0 Å². The van der Waals surface area contributed by atoms with Gasteiger partial charge in [-0.1, -0.05) is 49.5 Å². The molecule has 15 heavy (non-hydrogen) atoms. The van der Waals surface area contributed by atoms with E-state index in [0.29, 0.717) is 5.92 Å². The number of halogens is 1. The lowest BCUT2D eigenvalue weighted by molar-refractivity contribution is 0.964. The lowest BCUT2D eigenvalue weighted by atomic mass is 10.0. The molecule has 2 rings (SSSR count). The molecule has 0 bridgehead atoms. The summed E-state index contributed by atoms with van der Waals surface area (Å²) < 4.78 is 0. The normalized spacial score (nSPS) is 19.1. The SMILES string of the molecule is CC1=C([Si](C)C)C(C)c2ccccc21.Cl. The minimum Gasteiger partial charge on any atom is -0.147 e. The third-order valence-electron chi connectivity index (χ3n) is 3.21. The first-order valence-electron chi connectivity index (χ1n) is 5.23. The molecule has 0 amide bonds.